The highest BCUT2D eigenvalue weighted by Gasteiger charge is 2.36. The fraction of sp³-hybridized carbons (Fsp3) is 0.474. The monoisotopic (exact) mass is 376 g/mol. The number of nitrogens with one attached hydrogen (secondary N) is 1. The molecule has 1 aliphatic rings. The molecule has 1 aromatic carbocycles. The van der Waals surface area contributed by atoms with Crippen molar-refractivity contribution in [3.05, 3.63) is 34.9 Å². The Balaban J connectivity index is 2.21. The van der Waals surface area contributed by atoms with Crippen LogP contribution in [0.15, 0.2) is 18.2 Å². The second-order valence-electron chi connectivity index (χ2n) is 6.69. The largest absolute Gasteiger partial charge is 0.467 e. The van der Waals surface area contributed by atoms with Crippen molar-refractivity contribution >= 4 is 23.7 Å². The van der Waals surface area contributed by atoms with E-state index in [1.807, 2.05) is 13.8 Å². The molecule has 0 spiro atoms. The van der Waals surface area contributed by atoms with Crippen LogP contribution in [-0.2, 0) is 14.3 Å². The minimum atomic E-state index is -0.786. The van der Waals surface area contributed by atoms with Crippen LogP contribution in [0.25, 0.3) is 0 Å². The third kappa shape index (κ3) is 4.51. The van der Waals surface area contributed by atoms with Gasteiger partial charge in [-0.15, -0.1) is 0 Å². The van der Waals surface area contributed by atoms with Gasteiger partial charge in [-0.1, -0.05) is 13.8 Å². The molecule has 1 heterocycles. The summed E-state index contributed by atoms with van der Waals surface area (Å²) in [6.45, 7) is 4.23. The normalized spacial score (nSPS) is 14.3. The summed E-state index contributed by atoms with van der Waals surface area (Å²) in [5, 5.41) is 2.63. The Morgan fingerprint density at radius 2 is 1.78 bits per heavy atom. The van der Waals surface area contributed by atoms with Crippen molar-refractivity contribution < 1.29 is 28.7 Å². The number of carbonyl (C=O) groups is 4. The van der Waals surface area contributed by atoms with Crippen LogP contribution in [0, 0.1) is 5.92 Å². The van der Waals surface area contributed by atoms with Crippen molar-refractivity contribution in [3.63, 3.8) is 0 Å². The fourth-order valence-corrected chi connectivity index (χ4v) is 2.89. The Morgan fingerprint density at radius 3 is 2.37 bits per heavy atom. The molecule has 1 atom stereocenters. The summed E-state index contributed by atoms with van der Waals surface area (Å²) < 4.78 is 9.65. The smallest absolute Gasteiger partial charge is 0.328 e. The highest BCUT2D eigenvalue weighted by molar-refractivity contribution is 6.22. The van der Waals surface area contributed by atoms with Gasteiger partial charge < -0.3 is 14.8 Å². The number of ether oxygens (including phenoxy) is 2. The van der Waals surface area contributed by atoms with Crippen LogP contribution in [0.3, 0.4) is 0 Å². The van der Waals surface area contributed by atoms with Crippen LogP contribution in [0.1, 0.15) is 51.3 Å². The molecule has 8 nitrogen and oxygen atoms in total. The quantitative estimate of drug-likeness (QED) is 0.541. The van der Waals surface area contributed by atoms with Gasteiger partial charge in [-0.2, -0.15) is 0 Å². The van der Waals surface area contributed by atoms with Crippen molar-refractivity contribution in [3.8, 4) is 0 Å². The summed E-state index contributed by atoms with van der Waals surface area (Å²) in [7, 11) is 2.74. The first-order valence-electron chi connectivity index (χ1n) is 8.68. The molecule has 0 bridgehead atoms. The molecule has 3 amide bonds. The van der Waals surface area contributed by atoms with Gasteiger partial charge in [0.05, 0.1) is 31.4 Å². The number of carbonyl (C=O) groups excluding carboxylic acids is 4. The average molecular weight is 376 g/mol. The molecule has 0 radical (unpaired) electrons. The summed E-state index contributed by atoms with van der Waals surface area (Å²) in [6, 6.07) is 3.50. The Hall–Kier alpha value is -2.74. The maximum Gasteiger partial charge on any atom is 0.328 e. The summed E-state index contributed by atoms with van der Waals surface area (Å²) in [6.07, 6.45) is 0.422. The Bertz CT molecular complexity index is 759. The zero-order valence-electron chi connectivity index (χ0n) is 15.9. The minimum Gasteiger partial charge on any atom is -0.467 e. The fourth-order valence-electron chi connectivity index (χ4n) is 2.89. The molecular formula is C19H24N2O6. The van der Waals surface area contributed by atoms with Gasteiger partial charge in [0, 0.05) is 12.7 Å². The molecule has 0 unspecified atom stereocenters. The van der Waals surface area contributed by atoms with Gasteiger partial charge in [-0.05, 0) is 30.5 Å². The van der Waals surface area contributed by atoms with Gasteiger partial charge in [0.1, 0.15) is 6.04 Å². The molecule has 2 rings (SSSR count). The Morgan fingerprint density at radius 1 is 1.11 bits per heavy atom. The van der Waals surface area contributed by atoms with Gasteiger partial charge >= 0.3 is 5.97 Å². The van der Waals surface area contributed by atoms with Gasteiger partial charge in [0.2, 0.25) is 0 Å². The molecular weight excluding hydrogens is 352 g/mol. The predicted octanol–water partition coefficient (Wildman–Crippen LogP) is 1.25. The number of methoxy groups -OCH3 is 2. The van der Waals surface area contributed by atoms with Crippen LogP contribution < -0.4 is 5.32 Å². The topological polar surface area (TPSA) is 102 Å². The van der Waals surface area contributed by atoms with E-state index in [0.717, 1.165) is 4.90 Å². The van der Waals surface area contributed by atoms with Gasteiger partial charge in [-0.25, -0.2) is 4.79 Å². The second kappa shape index (κ2) is 8.77. The van der Waals surface area contributed by atoms with Gasteiger partial charge in [-0.3, -0.25) is 19.3 Å². The van der Waals surface area contributed by atoms with Crippen molar-refractivity contribution in [1.82, 2.24) is 10.2 Å². The van der Waals surface area contributed by atoms with E-state index >= 15 is 0 Å². The molecule has 0 saturated heterocycles. The number of nitrogens with zero attached hydrogens (tertiary/aromatic N) is 1. The van der Waals surface area contributed by atoms with Crippen LogP contribution in [0.4, 0.5) is 0 Å². The molecule has 0 saturated carbocycles. The summed E-state index contributed by atoms with van der Waals surface area (Å²) in [5.41, 5.74) is 0.614. The first-order chi connectivity index (χ1) is 12.8. The third-order valence-corrected chi connectivity index (χ3v) is 4.25. The molecule has 1 aromatic rings. The van der Waals surface area contributed by atoms with Crippen molar-refractivity contribution in [2.24, 2.45) is 5.92 Å². The van der Waals surface area contributed by atoms with Crippen molar-refractivity contribution in [2.75, 3.05) is 27.4 Å². The zero-order valence-corrected chi connectivity index (χ0v) is 15.9. The molecule has 27 heavy (non-hydrogen) atoms. The van der Waals surface area contributed by atoms with E-state index in [0.29, 0.717) is 6.42 Å². The lowest BCUT2D eigenvalue weighted by molar-refractivity contribution is -0.143. The van der Waals surface area contributed by atoms with E-state index in [-0.39, 0.29) is 35.8 Å². The van der Waals surface area contributed by atoms with Gasteiger partial charge in [0.15, 0.2) is 0 Å². The predicted molar refractivity (Wildman–Crippen MR) is 96.4 cm³/mol. The second-order valence-corrected chi connectivity index (χ2v) is 6.69. The maximum absolute atomic E-state index is 12.5. The number of rotatable bonds is 8. The highest BCUT2D eigenvalue weighted by atomic mass is 16.5. The van der Waals surface area contributed by atoms with E-state index in [4.69, 9.17) is 9.47 Å². The van der Waals surface area contributed by atoms with Crippen molar-refractivity contribution in [1.29, 1.82) is 0 Å². The number of benzene rings is 1. The number of esters is 1. The minimum absolute atomic E-state index is 0.142. The maximum atomic E-state index is 12.5. The first kappa shape index (κ1) is 20.6. The molecule has 1 aliphatic heterocycles. The molecule has 146 valence electrons. The summed E-state index contributed by atoms with van der Waals surface area (Å²) >= 11 is 0. The average Bonchev–Trinajstić information content (AvgIpc) is 2.88. The van der Waals surface area contributed by atoms with Crippen LogP contribution in [-0.4, -0.2) is 62.0 Å². The van der Waals surface area contributed by atoms with Crippen molar-refractivity contribution in [2.45, 2.75) is 26.3 Å². The lowest BCUT2D eigenvalue weighted by Gasteiger charge is -2.18. The molecule has 0 aliphatic carbocycles. The van der Waals surface area contributed by atoms with Crippen LogP contribution in [0.2, 0.25) is 0 Å². The third-order valence-electron chi connectivity index (χ3n) is 4.25. The van der Waals surface area contributed by atoms with Crippen LogP contribution in [0.5, 0.6) is 0 Å². The van der Waals surface area contributed by atoms with E-state index in [1.54, 1.807) is 0 Å². The number of hydrogen-bond acceptors (Lipinski definition) is 6. The van der Waals surface area contributed by atoms with E-state index in [1.165, 1.54) is 32.4 Å². The standard InChI is InChI=1S/C19H24N2O6/c1-11(2)9-15(19(25)27-4)20-16(22)12-5-6-13-14(10-12)18(24)21(17(13)23)7-8-26-3/h5-6,10-11,15H,7-9H2,1-4H3,(H,20,22)/t15-/m0/s1. The number of imide groups is 1. The summed E-state index contributed by atoms with van der Waals surface area (Å²) in [4.78, 5) is 50.3. The molecule has 8 heteroatoms. The molecule has 1 N–H and O–H groups in total. The van der Waals surface area contributed by atoms with Crippen LogP contribution >= 0.6 is 0 Å². The van der Waals surface area contributed by atoms with E-state index < -0.39 is 29.7 Å². The number of fused-ring (bicyclic) bond motifs is 1. The van der Waals surface area contributed by atoms with E-state index in [9.17, 15) is 19.2 Å². The summed E-state index contributed by atoms with van der Waals surface area (Å²) in [5.74, 6) is -1.75. The molecule has 0 fully saturated rings. The highest BCUT2D eigenvalue weighted by Crippen LogP contribution is 2.24. The zero-order chi connectivity index (χ0) is 20.1. The Kier molecular flexibility index (Phi) is 6.68. The Labute approximate surface area is 157 Å². The van der Waals surface area contributed by atoms with E-state index in [2.05, 4.69) is 5.32 Å². The number of hydrogen-bond donors (Lipinski definition) is 1. The lowest BCUT2D eigenvalue weighted by atomic mass is 10.0. The van der Waals surface area contributed by atoms with Gasteiger partial charge in [0.25, 0.3) is 17.7 Å². The first-order valence-corrected chi connectivity index (χ1v) is 8.68. The molecule has 0 aromatic heterocycles. The number of amides is 3. The SMILES string of the molecule is COCCN1C(=O)c2ccc(C(=O)N[C@@H](CC(C)C)C(=O)OC)cc2C1=O. The lowest BCUT2D eigenvalue weighted by Crippen LogP contribution is -2.42.